The predicted molar refractivity (Wildman–Crippen MR) is 173 cm³/mol. The summed E-state index contributed by atoms with van der Waals surface area (Å²) in [5.74, 6) is -9.96. The van der Waals surface area contributed by atoms with Crippen molar-refractivity contribution in [2.45, 2.75) is 66.0 Å². The Morgan fingerprint density at radius 3 is 1.79 bits per heavy atom. The van der Waals surface area contributed by atoms with Crippen LogP contribution in [0.3, 0.4) is 0 Å². The van der Waals surface area contributed by atoms with Gasteiger partial charge >= 0.3 is 0 Å². The second-order valence-electron chi connectivity index (χ2n) is 12.8. The fourth-order valence-electron chi connectivity index (χ4n) is 6.18. The van der Waals surface area contributed by atoms with Gasteiger partial charge in [0.2, 0.25) is 5.78 Å². The predicted octanol–water partition coefficient (Wildman–Crippen LogP) is 0.999. The smallest absolute Gasteiger partial charge is 0.254 e. The topological polar surface area (TPSA) is 242 Å². The molecule has 9 N–H and O–H groups in total. The van der Waals surface area contributed by atoms with E-state index in [-0.39, 0.29) is 16.7 Å². The van der Waals surface area contributed by atoms with E-state index in [1.165, 1.54) is 52.0 Å². The highest BCUT2D eigenvalue weighted by molar-refractivity contribution is 6.31. The second kappa shape index (κ2) is 15.5. The Labute approximate surface area is 278 Å². The minimum absolute atomic E-state index is 0.164. The van der Waals surface area contributed by atoms with E-state index in [2.05, 4.69) is 5.32 Å². The number of phenols is 2. The molecule has 3 aliphatic rings. The molecule has 1 amide bonds. The van der Waals surface area contributed by atoms with Gasteiger partial charge in [0, 0.05) is 46.8 Å². The average molecular weight is 672 g/mol. The SMILES string of the molecule is C/C1=C/[C@@H](CO)[C@H](O)[C@H](C)[C@@H](O)[C@@H](C)[C@@H](O)[C@H](C)[C@@H](O)[C@@H](C)/C=C/C=C(/CO)C(=O)NC2=CC(=O)c3c(c(O)c(C)c(O)c3C1=O)C2=O. The highest BCUT2D eigenvalue weighted by atomic mass is 16.3. The molecule has 2 heterocycles. The first kappa shape index (κ1) is 38.5. The Morgan fingerprint density at radius 2 is 1.25 bits per heavy atom. The Bertz CT molecular complexity index is 1590. The molecule has 9 atom stereocenters. The molecule has 4 rings (SSSR count). The number of amides is 1. The van der Waals surface area contributed by atoms with Gasteiger partial charge in [-0.05, 0) is 19.4 Å². The van der Waals surface area contributed by atoms with Crippen molar-refractivity contribution in [3.8, 4) is 11.5 Å². The summed E-state index contributed by atoms with van der Waals surface area (Å²) >= 11 is 0. The lowest BCUT2D eigenvalue weighted by Crippen LogP contribution is -2.46. The molecule has 2 aliphatic heterocycles. The average Bonchev–Trinajstić information content (AvgIpc) is 3.06. The Kier molecular flexibility index (Phi) is 12.4. The molecular weight excluding hydrogens is 626 g/mol. The van der Waals surface area contributed by atoms with Crippen molar-refractivity contribution in [2.75, 3.05) is 13.2 Å². The molecule has 13 heteroatoms. The number of ketones is 3. The maximum Gasteiger partial charge on any atom is 0.254 e. The van der Waals surface area contributed by atoms with Crippen molar-refractivity contribution in [3.63, 3.8) is 0 Å². The summed E-state index contributed by atoms with van der Waals surface area (Å²) in [7, 11) is 0. The zero-order valence-corrected chi connectivity index (χ0v) is 27.7. The number of phenolic OH excluding ortho intramolecular Hbond substituents is 2. The molecule has 0 saturated heterocycles. The number of hydrogen-bond acceptors (Lipinski definition) is 12. The normalized spacial score (nSPS) is 34.1. The van der Waals surface area contributed by atoms with E-state index < -0.39 is 124 Å². The van der Waals surface area contributed by atoms with Crippen LogP contribution in [0.15, 0.2) is 47.2 Å². The van der Waals surface area contributed by atoms with Crippen LogP contribution >= 0.6 is 0 Å². The van der Waals surface area contributed by atoms with Gasteiger partial charge in [0.25, 0.3) is 5.91 Å². The third-order valence-electron chi connectivity index (χ3n) is 9.57. The van der Waals surface area contributed by atoms with Gasteiger partial charge in [0.15, 0.2) is 11.6 Å². The van der Waals surface area contributed by atoms with Crippen LogP contribution in [-0.4, -0.2) is 102 Å². The number of carbonyl (C=O) groups excluding carboxylic acids is 4. The minimum atomic E-state index is -1.46. The molecule has 0 unspecified atom stereocenters. The van der Waals surface area contributed by atoms with Crippen molar-refractivity contribution in [3.05, 3.63) is 69.5 Å². The van der Waals surface area contributed by atoms with Crippen LogP contribution in [-0.2, 0) is 4.79 Å². The van der Waals surface area contributed by atoms with E-state index in [0.717, 1.165) is 6.08 Å². The summed E-state index contributed by atoms with van der Waals surface area (Å²) in [5.41, 5.74) is -3.16. The largest absolute Gasteiger partial charge is 0.507 e. The van der Waals surface area contributed by atoms with Crippen molar-refractivity contribution in [1.29, 1.82) is 0 Å². The minimum Gasteiger partial charge on any atom is -0.507 e. The molecule has 1 aromatic rings. The standard InChI is InChI=1S/C35H45NO12/c1-14-8-7-9-20(12-37)35(48)36-22-11-23(39)24-25(32(45)19(6)33(46)26(24)34(22)47)28(41)15(2)10-21(13-38)31(44)18(5)30(43)17(4)29(42)16(3)27(14)40/h7-11,14,16-18,21,27,29-31,37-38,40,42-46H,12-13H2,1-6H3,(H,36,48)/b8-7+,15-10-,20-9-/t14-,16+,17-,18+,21-,27-,29-,30-,31+/m0/s1. The van der Waals surface area contributed by atoms with Crippen molar-refractivity contribution in [1.82, 2.24) is 5.32 Å². The van der Waals surface area contributed by atoms with Gasteiger partial charge in [0.1, 0.15) is 11.5 Å². The van der Waals surface area contributed by atoms with Gasteiger partial charge in [-0.3, -0.25) is 19.2 Å². The Morgan fingerprint density at radius 1 is 0.729 bits per heavy atom. The molecule has 0 fully saturated rings. The molecular formula is C35H45NO12. The van der Waals surface area contributed by atoms with Crippen molar-refractivity contribution >= 4 is 23.3 Å². The molecule has 4 bridgehead atoms. The molecule has 0 saturated carbocycles. The van der Waals surface area contributed by atoms with E-state index in [1.54, 1.807) is 13.8 Å². The zero-order valence-electron chi connectivity index (χ0n) is 27.7. The van der Waals surface area contributed by atoms with Gasteiger partial charge in [-0.25, -0.2) is 0 Å². The summed E-state index contributed by atoms with van der Waals surface area (Å²) in [4.78, 5) is 53.8. The van der Waals surface area contributed by atoms with Gasteiger partial charge in [-0.15, -0.1) is 0 Å². The number of allylic oxidation sites excluding steroid dienone is 5. The molecule has 1 aliphatic carbocycles. The lowest BCUT2D eigenvalue weighted by atomic mass is 9.76. The van der Waals surface area contributed by atoms with Gasteiger partial charge in [-0.1, -0.05) is 52.0 Å². The fourth-order valence-corrected chi connectivity index (χ4v) is 6.18. The first-order valence-electron chi connectivity index (χ1n) is 15.7. The number of Topliss-reactive ketones (excluding diaryl/α,β-unsaturated/α-hetero) is 2. The fraction of sp³-hybridized carbons (Fsp3) is 0.486. The lowest BCUT2D eigenvalue weighted by molar-refractivity contribution is -0.117. The van der Waals surface area contributed by atoms with Crippen LogP contribution in [0.25, 0.3) is 0 Å². The molecule has 48 heavy (non-hydrogen) atoms. The summed E-state index contributed by atoms with van der Waals surface area (Å²) in [6, 6.07) is 0. The number of benzene rings is 1. The number of carbonyl (C=O) groups is 4. The highest BCUT2D eigenvalue weighted by Crippen LogP contribution is 2.41. The number of hydrogen-bond donors (Lipinski definition) is 9. The Balaban J connectivity index is 2.24. The van der Waals surface area contributed by atoms with Crippen LogP contribution in [0.5, 0.6) is 11.5 Å². The quantitative estimate of drug-likeness (QED) is 0.214. The highest BCUT2D eigenvalue weighted by Gasteiger charge is 2.40. The van der Waals surface area contributed by atoms with Crippen LogP contribution in [0.2, 0.25) is 0 Å². The van der Waals surface area contributed by atoms with Crippen LogP contribution in [0, 0.1) is 36.5 Å². The van der Waals surface area contributed by atoms with Gasteiger partial charge < -0.3 is 46.2 Å². The van der Waals surface area contributed by atoms with E-state index >= 15 is 0 Å². The van der Waals surface area contributed by atoms with Crippen molar-refractivity contribution < 1.29 is 60.0 Å². The number of aromatic hydroxyl groups is 2. The maximum absolute atomic E-state index is 13.8. The maximum atomic E-state index is 13.8. The second-order valence-corrected chi connectivity index (χ2v) is 12.8. The summed E-state index contributed by atoms with van der Waals surface area (Å²) < 4.78 is 0. The zero-order chi connectivity index (χ0) is 36.4. The number of rotatable bonds is 2. The number of aliphatic hydroxyl groups excluding tert-OH is 6. The van der Waals surface area contributed by atoms with Crippen molar-refractivity contribution in [2.24, 2.45) is 29.6 Å². The molecule has 1 aromatic carbocycles. The van der Waals surface area contributed by atoms with Gasteiger partial charge in [0.05, 0.1) is 60.0 Å². The van der Waals surface area contributed by atoms with E-state index in [9.17, 15) is 60.0 Å². The number of nitrogens with one attached hydrogen (secondary N) is 1. The van der Waals surface area contributed by atoms with E-state index in [0.29, 0.717) is 0 Å². The number of aliphatic hydroxyl groups is 6. The van der Waals surface area contributed by atoms with Crippen LogP contribution in [0.1, 0.15) is 71.3 Å². The Hall–Kier alpha value is -3.98. The van der Waals surface area contributed by atoms with Gasteiger partial charge in [-0.2, -0.15) is 0 Å². The van der Waals surface area contributed by atoms with Crippen LogP contribution < -0.4 is 5.32 Å². The molecule has 0 spiro atoms. The summed E-state index contributed by atoms with van der Waals surface area (Å²) in [6.07, 6.45) is 0.837. The lowest BCUT2D eigenvalue weighted by Gasteiger charge is -2.37. The number of fused-ring (bicyclic) bond motifs is 15. The molecule has 262 valence electrons. The third-order valence-corrected chi connectivity index (χ3v) is 9.57. The van der Waals surface area contributed by atoms with E-state index in [1.807, 2.05) is 0 Å². The molecule has 0 radical (unpaired) electrons. The third kappa shape index (κ3) is 7.36. The summed E-state index contributed by atoms with van der Waals surface area (Å²) in [6.45, 7) is 7.26. The monoisotopic (exact) mass is 671 g/mol. The van der Waals surface area contributed by atoms with E-state index in [4.69, 9.17) is 0 Å². The first-order chi connectivity index (χ1) is 22.4. The molecule has 0 aromatic heterocycles. The summed E-state index contributed by atoms with van der Waals surface area (Å²) in [5, 5.41) is 88.4. The van der Waals surface area contributed by atoms with Crippen LogP contribution in [0.4, 0.5) is 0 Å². The molecule has 13 nitrogen and oxygen atoms in total. The first-order valence-corrected chi connectivity index (χ1v) is 15.7.